The van der Waals surface area contributed by atoms with E-state index in [1.165, 1.54) is 0 Å². The summed E-state index contributed by atoms with van der Waals surface area (Å²) in [6.07, 6.45) is 2.22. The first-order chi connectivity index (χ1) is 6.81. The number of nitrogens with zero attached hydrogens (tertiary/aromatic N) is 2. The van der Waals surface area contributed by atoms with Crippen molar-refractivity contribution in [3.63, 3.8) is 0 Å². The molecule has 0 atom stereocenters. The summed E-state index contributed by atoms with van der Waals surface area (Å²) in [5.41, 5.74) is 6.21. The molecule has 5 heteroatoms. The molecule has 0 aliphatic rings. The minimum Gasteiger partial charge on any atom is -0.469 e. The van der Waals surface area contributed by atoms with Crippen LogP contribution in [-0.4, -0.2) is 16.7 Å². The molecule has 2 aromatic rings. The van der Waals surface area contributed by atoms with E-state index in [-0.39, 0.29) is 0 Å². The van der Waals surface area contributed by atoms with Crippen molar-refractivity contribution in [2.75, 3.05) is 6.54 Å². The molecule has 0 aromatic carbocycles. The lowest BCUT2D eigenvalue weighted by molar-refractivity contribution is 0.421. The highest BCUT2D eigenvalue weighted by Crippen LogP contribution is 2.21. The number of hydrogen-bond acceptors (Lipinski definition) is 5. The number of aryl methyl sites for hydroxylation is 1. The molecule has 0 radical (unpaired) electrons. The van der Waals surface area contributed by atoms with Gasteiger partial charge in [0.15, 0.2) is 5.82 Å². The van der Waals surface area contributed by atoms with Gasteiger partial charge in [-0.05, 0) is 19.5 Å². The van der Waals surface area contributed by atoms with Crippen LogP contribution in [0.3, 0.4) is 0 Å². The van der Waals surface area contributed by atoms with Gasteiger partial charge in [-0.1, -0.05) is 5.16 Å². The third kappa shape index (κ3) is 1.54. The predicted octanol–water partition coefficient (Wildman–Crippen LogP) is 1.14. The van der Waals surface area contributed by atoms with Gasteiger partial charge in [0.2, 0.25) is 0 Å². The highest BCUT2D eigenvalue weighted by atomic mass is 16.5. The first-order valence-electron chi connectivity index (χ1n) is 4.38. The van der Waals surface area contributed by atoms with Crippen LogP contribution >= 0.6 is 0 Å². The summed E-state index contributed by atoms with van der Waals surface area (Å²) in [7, 11) is 0. The molecule has 0 aliphatic heterocycles. The van der Waals surface area contributed by atoms with Crippen LogP contribution in [0.4, 0.5) is 0 Å². The maximum Gasteiger partial charge on any atom is 0.261 e. The molecule has 2 aromatic heterocycles. The second-order valence-corrected chi connectivity index (χ2v) is 2.94. The topological polar surface area (TPSA) is 78.1 Å². The summed E-state index contributed by atoms with van der Waals surface area (Å²) >= 11 is 0. The molecular weight excluding hydrogens is 182 g/mol. The Morgan fingerprint density at radius 1 is 1.50 bits per heavy atom. The van der Waals surface area contributed by atoms with Crippen molar-refractivity contribution in [2.45, 2.75) is 13.3 Å². The zero-order chi connectivity index (χ0) is 9.97. The van der Waals surface area contributed by atoms with Crippen molar-refractivity contribution in [1.29, 1.82) is 0 Å². The van der Waals surface area contributed by atoms with Crippen LogP contribution in [-0.2, 0) is 6.42 Å². The van der Waals surface area contributed by atoms with Crippen molar-refractivity contribution >= 4 is 0 Å². The lowest BCUT2D eigenvalue weighted by Gasteiger charge is -1.87. The fraction of sp³-hybridized carbons (Fsp3) is 0.333. The molecule has 2 heterocycles. The van der Waals surface area contributed by atoms with Crippen molar-refractivity contribution < 1.29 is 8.94 Å². The average Bonchev–Trinajstić information content (AvgIpc) is 2.74. The van der Waals surface area contributed by atoms with Crippen molar-refractivity contribution in [3.05, 3.63) is 23.9 Å². The summed E-state index contributed by atoms with van der Waals surface area (Å²) < 4.78 is 10.2. The Labute approximate surface area is 80.9 Å². The summed E-state index contributed by atoms with van der Waals surface area (Å²) in [5.74, 6) is 1.88. The van der Waals surface area contributed by atoms with E-state index in [4.69, 9.17) is 14.7 Å². The van der Waals surface area contributed by atoms with E-state index in [1.807, 2.05) is 6.92 Å². The zero-order valence-corrected chi connectivity index (χ0v) is 7.86. The van der Waals surface area contributed by atoms with Crippen LogP contribution < -0.4 is 5.73 Å². The fourth-order valence-electron chi connectivity index (χ4n) is 1.20. The minimum absolute atomic E-state index is 0.486. The Kier molecular flexibility index (Phi) is 2.32. The molecule has 0 unspecified atom stereocenters. The molecule has 5 nitrogen and oxygen atoms in total. The van der Waals surface area contributed by atoms with Gasteiger partial charge < -0.3 is 14.7 Å². The van der Waals surface area contributed by atoms with Gasteiger partial charge in [-0.3, -0.25) is 0 Å². The highest BCUT2D eigenvalue weighted by Gasteiger charge is 2.12. The largest absolute Gasteiger partial charge is 0.469 e. The van der Waals surface area contributed by atoms with Crippen molar-refractivity contribution in [1.82, 2.24) is 10.1 Å². The molecule has 0 spiro atoms. The van der Waals surface area contributed by atoms with Gasteiger partial charge in [0, 0.05) is 6.42 Å². The predicted molar refractivity (Wildman–Crippen MR) is 49.5 cm³/mol. The third-order valence-electron chi connectivity index (χ3n) is 1.93. The van der Waals surface area contributed by atoms with Gasteiger partial charge in [-0.2, -0.15) is 4.98 Å². The second-order valence-electron chi connectivity index (χ2n) is 2.94. The number of aromatic nitrogens is 2. The first kappa shape index (κ1) is 8.96. The van der Waals surface area contributed by atoms with Gasteiger partial charge in [0.05, 0.1) is 11.8 Å². The normalized spacial score (nSPS) is 10.7. The Morgan fingerprint density at radius 3 is 3.00 bits per heavy atom. The Balaban J connectivity index is 2.29. The van der Waals surface area contributed by atoms with Gasteiger partial charge >= 0.3 is 0 Å². The zero-order valence-electron chi connectivity index (χ0n) is 7.86. The summed E-state index contributed by atoms with van der Waals surface area (Å²) in [5, 5.41) is 3.80. The molecule has 0 fully saturated rings. The van der Waals surface area contributed by atoms with Crippen LogP contribution in [0.2, 0.25) is 0 Å². The molecule has 0 saturated carbocycles. The van der Waals surface area contributed by atoms with E-state index in [2.05, 4.69) is 10.1 Å². The maximum atomic E-state index is 5.38. The summed E-state index contributed by atoms with van der Waals surface area (Å²) in [6, 6.07) is 1.80. The Morgan fingerprint density at radius 2 is 2.36 bits per heavy atom. The standard InChI is InChI=1S/C9H11N3O2/c1-6-7(3-5-13-6)9-11-8(2-4-10)12-14-9/h3,5H,2,4,10H2,1H3. The highest BCUT2D eigenvalue weighted by molar-refractivity contribution is 5.54. The monoisotopic (exact) mass is 193 g/mol. The maximum absolute atomic E-state index is 5.38. The number of nitrogens with two attached hydrogens (primary N) is 1. The van der Waals surface area contributed by atoms with E-state index in [1.54, 1.807) is 12.3 Å². The molecule has 14 heavy (non-hydrogen) atoms. The Hall–Kier alpha value is -1.62. The molecule has 0 aliphatic carbocycles. The fourth-order valence-corrected chi connectivity index (χ4v) is 1.20. The van der Waals surface area contributed by atoms with Gasteiger partial charge in [-0.25, -0.2) is 0 Å². The van der Waals surface area contributed by atoms with Gasteiger partial charge in [0.25, 0.3) is 5.89 Å². The molecule has 2 N–H and O–H groups in total. The average molecular weight is 193 g/mol. The number of hydrogen-bond donors (Lipinski definition) is 1. The van der Waals surface area contributed by atoms with Gasteiger partial charge in [0.1, 0.15) is 5.76 Å². The quantitative estimate of drug-likeness (QED) is 0.790. The molecular formula is C9H11N3O2. The van der Waals surface area contributed by atoms with Crippen LogP contribution in [0, 0.1) is 6.92 Å². The molecule has 0 amide bonds. The lowest BCUT2D eigenvalue weighted by Crippen LogP contribution is -2.03. The minimum atomic E-state index is 0.486. The SMILES string of the molecule is Cc1occc1-c1nc(CCN)no1. The number of furan rings is 1. The Bertz CT molecular complexity index is 419. The van der Waals surface area contributed by atoms with E-state index >= 15 is 0 Å². The first-order valence-corrected chi connectivity index (χ1v) is 4.38. The second kappa shape index (κ2) is 3.63. The van der Waals surface area contributed by atoms with E-state index in [0.717, 1.165) is 11.3 Å². The lowest BCUT2D eigenvalue weighted by atomic mass is 10.2. The third-order valence-corrected chi connectivity index (χ3v) is 1.93. The molecule has 0 saturated heterocycles. The molecule has 0 bridgehead atoms. The van der Waals surface area contributed by atoms with Crippen LogP contribution in [0.15, 0.2) is 21.3 Å². The summed E-state index contributed by atoms with van der Waals surface area (Å²) in [4.78, 5) is 4.19. The van der Waals surface area contributed by atoms with Crippen LogP contribution in [0.25, 0.3) is 11.5 Å². The smallest absolute Gasteiger partial charge is 0.261 e. The molecule has 2 rings (SSSR count). The van der Waals surface area contributed by atoms with E-state index < -0.39 is 0 Å². The van der Waals surface area contributed by atoms with E-state index in [0.29, 0.717) is 24.7 Å². The van der Waals surface area contributed by atoms with Crippen LogP contribution in [0.5, 0.6) is 0 Å². The van der Waals surface area contributed by atoms with Crippen molar-refractivity contribution in [2.24, 2.45) is 5.73 Å². The number of rotatable bonds is 3. The van der Waals surface area contributed by atoms with Crippen molar-refractivity contribution in [3.8, 4) is 11.5 Å². The van der Waals surface area contributed by atoms with Crippen LogP contribution in [0.1, 0.15) is 11.6 Å². The molecule has 74 valence electrons. The van der Waals surface area contributed by atoms with Gasteiger partial charge in [-0.15, -0.1) is 0 Å². The van der Waals surface area contributed by atoms with E-state index in [9.17, 15) is 0 Å². The summed E-state index contributed by atoms with van der Waals surface area (Å²) in [6.45, 7) is 2.37.